The van der Waals surface area contributed by atoms with Crippen LogP contribution in [0, 0.1) is 11.8 Å². The molecular weight excluding hydrogens is 795 g/mol. The van der Waals surface area contributed by atoms with E-state index >= 15 is 0 Å². The monoisotopic (exact) mass is 855 g/mol. The van der Waals surface area contributed by atoms with Crippen LogP contribution >= 0.6 is 0 Å². The zero-order valence-corrected chi connectivity index (χ0v) is 38.0. The summed E-state index contributed by atoms with van der Waals surface area (Å²) in [7, 11) is 1.81. The predicted molar refractivity (Wildman–Crippen MR) is 242 cm³/mol. The lowest BCUT2D eigenvalue weighted by Crippen LogP contribution is -2.46. The van der Waals surface area contributed by atoms with E-state index in [9.17, 15) is 9.59 Å². The number of carbonyl (C=O) groups excluding carboxylic acids is 2. The lowest BCUT2D eigenvalue weighted by atomic mass is 9.85. The minimum absolute atomic E-state index is 0.245. The van der Waals surface area contributed by atoms with E-state index in [1.807, 2.05) is 76.9 Å². The number of hydrogen-bond donors (Lipinski definition) is 2. The summed E-state index contributed by atoms with van der Waals surface area (Å²) >= 11 is 0. The van der Waals surface area contributed by atoms with Gasteiger partial charge in [0.05, 0.1) is 41.1 Å². The van der Waals surface area contributed by atoms with Gasteiger partial charge in [-0.15, -0.1) is 0 Å². The molecular formula is C50H61N7O6. The number of carbonyl (C=O) groups is 2. The molecule has 2 saturated carbocycles. The highest BCUT2D eigenvalue weighted by molar-refractivity contribution is 6.01. The number of ether oxygens (including phenoxy) is 4. The highest BCUT2D eigenvalue weighted by Crippen LogP contribution is 2.62. The smallest absolute Gasteiger partial charge is 0.411 e. The van der Waals surface area contributed by atoms with Gasteiger partial charge >= 0.3 is 12.2 Å². The molecule has 2 aromatic carbocycles. The number of amides is 2. The second-order valence-electron chi connectivity index (χ2n) is 20.6. The van der Waals surface area contributed by atoms with E-state index in [1.165, 1.54) is 0 Å². The zero-order valence-electron chi connectivity index (χ0n) is 38.0. The van der Waals surface area contributed by atoms with Crippen molar-refractivity contribution < 1.29 is 28.5 Å². The van der Waals surface area contributed by atoms with Crippen molar-refractivity contribution in [3.63, 3.8) is 0 Å². The average Bonchev–Trinajstić information content (AvgIpc) is 3.90. The summed E-state index contributed by atoms with van der Waals surface area (Å²) in [5.74, 6) is 3.00. The number of nitrogens with one attached hydrogen (secondary N) is 2. The van der Waals surface area contributed by atoms with Gasteiger partial charge in [0.1, 0.15) is 39.7 Å². The first kappa shape index (κ1) is 41.5. The largest absolute Gasteiger partial charge is 0.469 e. The van der Waals surface area contributed by atoms with Crippen LogP contribution in [0.1, 0.15) is 123 Å². The van der Waals surface area contributed by atoms with Crippen molar-refractivity contribution in [2.75, 3.05) is 20.2 Å². The van der Waals surface area contributed by atoms with Gasteiger partial charge in [0.15, 0.2) is 6.23 Å². The van der Waals surface area contributed by atoms with Crippen molar-refractivity contribution >= 4 is 29.2 Å². The molecule has 332 valence electrons. The standard InChI is InChI=1S/C50H61N7O6/c1-10-34-36-24-30(37-28-52-44(54-37)50-26-32(50)20-23-56(50)46(59)63-48(5,6)7)15-19-39(36)57-41(34)35-18-14-31(25-40(35)61-42(57)29-12-16-33(60-9)17-13-29)38-27-51-43(53-38)49(8)21-11-22-55(49)45(58)62-47(2,3)4/h10,14-15,18-19,24-25,27-29,32-33,42H,1,11-13,16-17,20-23,26H2,2-9H3,(H,51,53)(H,52,54)/t29?,32?,33?,42?,49?,50-/m1/s1. The fourth-order valence-corrected chi connectivity index (χ4v) is 11.0. The first-order valence-corrected chi connectivity index (χ1v) is 22.8. The molecule has 5 aromatic rings. The third-order valence-electron chi connectivity index (χ3n) is 14.3. The van der Waals surface area contributed by atoms with Gasteiger partial charge < -0.3 is 33.5 Å². The van der Waals surface area contributed by atoms with Crippen LogP contribution in [0.3, 0.4) is 0 Å². The summed E-state index contributed by atoms with van der Waals surface area (Å²) in [6.07, 6.45) is 12.5. The van der Waals surface area contributed by atoms with Gasteiger partial charge in [0.2, 0.25) is 0 Å². The second-order valence-corrected chi connectivity index (χ2v) is 20.6. The number of likely N-dealkylation sites (tertiary alicyclic amines) is 2. The maximum Gasteiger partial charge on any atom is 0.411 e. The van der Waals surface area contributed by atoms with Gasteiger partial charge in [0.25, 0.3) is 0 Å². The van der Waals surface area contributed by atoms with Gasteiger partial charge in [-0.05, 0) is 130 Å². The first-order valence-electron chi connectivity index (χ1n) is 22.8. The number of hydrogen-bond acceptors (Lipinski definition) is 8. The van der Waals surface area contributed by atoms with Crippen molar-refractivity contribution in [2.45, 2.75) is 134 Å². The molecule has 0 bridgehead atoms. The first-order chi connectivity index (χ1) is 30.0. The Balaban J connectivity index is 1.01. The van der Waals surface area contributed by atoms with E-state index in [1.54, 1.807) is 0 Å². The van der Waals surface area contributed by atoms with E-state index in [0.717, 1.165) is 119 Å². The molecule has 4 fully saturated rings. The fourth-order valence-electron chi connectivity index (χ4n) is 11.0. The molecule has 6 heterocycles. The van der Waals surface area contributed by atoms with Gasteiger partial charge in [-0.3, -0.25) is 9.80 Å². The summed E-state index contributed by atoms with van der Waals surface area (Å²) in [4.78, 5) is 47.4. The van der Waals surface area contributed by atoms with Crippen LogP contribution in [-0.4, -0.2) is 84.0 Å². The van der Waals surface area contributed by atoms with Crippen LogP contribution < -0.4 is 4.74 Å². The van der Waals surface area contributed by atoms with Crippen LogP contribution in [0.5, 0.6) is 5.75 Å². The molecule has 5 aliphatic rings. The van der Waals surface area contributed by atoms with Gasteiger partial charge in [-0.25, -0.2) is 19.6 Å². The molecule has 2 aliphatic carbocycles. The molecule has 3 aliphatic heterocycles. The maximum atomic E-state index is 13.4. The molecule has 63 heavy (non-hydrogen) atoms. The van der Waals surface area contributed by atoms with E-state index in [0.29, 0.717) is 19.0 Å². The topological polar surface area (TPSA) is 140 Å². The molecule has 4 atom stereocenters. The molecule has 0 radical (unpaired) electrons. The number of aromatic nitrogens is 5. The predicted octanol–water partition coefficient (Wildman–Crippen LogP) is 10.9. The van der Waals surface area contributed by atoms with Crippen molar-refractivity contribution in [1.82, 2.24) is 34.3 Å². The molecule has 3 aromatic heterocycles. The minimum Gasteiger partial charge on any atom is -0.469 e. The molecule has 13 nitrogen and oxygen atoms in total. The van der Waals surface area contributed by atoms with Gasteiger partial charge in [-0.2, -0.15) is 0 Å². The quantitative estimate of drug-likeness (QED) is 0.165. The van der Waals surface area contributed by atoms with E-state index in [-0.39, 0.29) is 30.4 Å². The number of nitrogens with zero attached hydrogens (tertiary/aromatic N) is 5. The van der Waals surface area contributed by atoms with Crippen LogP contribution in [-0.2, 0) is 25.3 Å². The average molecular weight is 856 g/mol. The minimum atomic E-state index is -0.620. The van der Waals surface area contributed by atoms with E-state index in [4.69, 9.17) is 28.9 Å². The maximum absolute atomic E-state index is 13.4. The highest BCUT2D eigenvalue weighted by Gasteiger charge is 2.67. The Kier molecular flexibility index (Phi) is 9.71. The molecule has 2 N–H and O–H groups in total. The lowest BCUT2D eigenvalue weighted by Gasteiger charge is -2.38. The Morgan fingerprint density at radius 2 is 1.51 bits per heavy atom. The molecule has 13 heteroatoms. The molecule has 3 unspecified atom stereocenters. The molecule has 10 rings (SSSR count). The lowest BCUT2D eigenvalue weighted by molar-refractivity contribution is 0.00165. The van der Waals surface area contributed by atoms with Crippen molar-refractivity contribution in [3.05, 3.63) is 72.6 Å². The van der Waals surface area contributed by atoms with E-state index in [2.05, 4.69) is 64.4 Å². The van der Waals surface area contributed by atoms with Crippen LogP contribution in [0.15, 0.2) is 55.4 Å². The number of methoxy groups -OCH3 is 1. The Morgan fingerprint density at radius 3 is 2.17 bits per heavy atom. The summed E-state index contributed by atoms with van der Waals surface area (Å²) in [6, 6.07) is 13.0. The van der Waals surface area contributed by atoms with Crippen molar-refractivity contribution in [1.29, 1.82) is 0 Å². The zero-order chi connectivity index (χ0) is 44.2. The number of benzene rings is 2. The normalized spacial score (nSPS) is 26.5. The third-order valence-corrected chi connectivity index (χ3v) is 14.3. The number of rotatable bonds is 7. The SMILES string of the molecule is C=Cc1c2n(c3ccc(-c4cnc([C@@]56CC5CCN6C(=O)OC(C)(C)C)[nH]4)cc13)C(C1CCC(OC)CC1)Oc1cc(-c3cnc(C4(C)CCCN4C(=O)OC(C)(C)C)[nH]3)ccc1-2. The Morgan fingerprint density at radius 1 is 0.857 bits per heavy atom. The van der Waals surface area contributed by atoms with Crippen LogP contribution in [0.2, 0.25) is 0 Å². The highest BCUT2D eigenvalue weighted by atomic mass is 16.6. The number of fused-ring (bicyclic) bond motifs is 6. The third kappa shape index (κ3) is 6.92. The van der Waals surface area contributed by atoms with E-state index < -0.39 is 22.3 Å². The summed E-state index contributed by atoms with van der Waals surface area (Å²) < 4.78 is 27.0. The van der Waals surface area contributed by atoms with Crippen molar-refractivity contribution in [2.24, 2.45) is 11.8 Å². The summed E-state index contributed by atoms with van der Waals surface area (Å²) in [5.41, 5.74) is 5.70. The Hall–Kier alpha value is -5.56. The van der Waals surface area contributed by atoms with Crippen molar-refractivity contribution in [3.8, 4) is 39.5 Å². The van der Waals surface area contributed by atoms with Gasteiger partial charge in [-0.1, -0.05) is 24.8 Å². The molecule has 2 amide bonds. The Bertz CT molecular complexity index is 2620. The summed E-state index contributed by atoms with van der Waals surface area (Å²) in [6.45, 7) is 19.1. The fraction of sp³-hybridized carbons (Fsp3) is 0.520. The van der Waals surface area contributed by atoms with Crippen LogP contribution in [0.25, 0.3) is 50.8 Å². The second kappa shape index (κ2) is 14.8. The van der Waals surface area contributed by atoms with Gasteiger partial charge in [0, 0.05) is 53.8 Å². The summed E-state index contributed by atoms with van der Waals surface area (Å²) in [5, 5.41) is 1.08. The number of piperidine rings is 1. The number of H-pyrrole nitrogens is 2. The number of aromatic amines is 2. The van der Waals surface area contributed by atoms with Crippen LogP contribution in [0.4, 0.5) is 9.59 Å². The Labute approximate surface area is 369 Å². The molecule has 2 saturated heterocycles. The molecule has 0 spiro atoms. The number of imidazole rings is 2.